The summed E-state index contributed by atoms with van der Waals surface area (Å²) in [6.45, 7) is 9.54. The van der Waals surface area contributed by atoms with Gasteiger partial charge >= 0.3 is 6.09 Å². The smallest absolute Gasteiger partial charge is 0.410 e. The highest BCUT2D eigenvalue weighted by atomic mass is 79.9. The Balaban J connectivity index is 1.92. The van der Waals surface area contributed by atoms with Crippen LogP contribution < -0.4 is 4.74 Å². The molecule has 1 fully saturated rings. The first kappa shape index (κ1) is 17.1. The SMILES string of the molecule is CCOc1nn(C2CCN(C(=O)OC(C)(C)C)CC2)cc1Br. The highest BCUT2D eigenvalue weighted by Gasteiger charge is 2.28. The summed E-state index contributed by atoms with van der Waals surface area (Å²) in [5, 5.41) is 4.47. The number of piperidine rings is 1. The van der Waals surface area contributed by atoms with Crippen LogP contribution in [0.4, 0.5) is 4.79 Å². The fourth-order valence-electron chi connectivity index (χ4n) is 2.41. The lowest BCUT2D eigenvalue weighted by molar-refractivity contribution is 0.0184. The molecule has 1 aromatic rings. The van der Waals surface area contributed by atoms with Gasteiger partial charge in [0.25, 0.3) is 0 Å². The highest BCUT2D eigenvalue weighted by molar-refractivity contribution is 9.10. The molecule has 0 spiro atoms. The molecule has 1 aliphatic rings. The van der Waals surface area contributed by atoms with Crippen LogP contribution in [0.2, 0.25) is 0 Å². The van der Waals surface area contributed by atoms with Crippen molar-refractivity contribution in [3.8, 4) is 5.88 Å². The molecule has 0 bridgehead atoms. The minimum Gasteiger partial charge on any atom is -0.476 e. The van der Waals surface area contributed by atoms with Crippen molar-refractivity contribution in [1.29, 1.82) is 0 Å². The van der Waals surface area contributed by atoms with Crippen LogP contribution in [0.25, 0.3) is 0 Å². The Morgan fingerprint density at radius 2 is 2.05 bits per heavy atom. The number of likely N-dealkylation sites (tertiary alicyclic amines) is 1. The van der Waals surface area contributed by atoms with Gasteiger partial charge in [-0.25, -0.2) is 4.79 Å². The molecule has 0 unspecified atom stereocenters. The molecule has 0 aliphatic carbocycles. The van der Waals surface area contributed by atoms with Gasteiger partial charge in [0.2, 0.25) is 5.88 Å². The van der Waals surface area contributed by atoms with Crippen molar-refractivity contribution >= 4 is 22.0 Å². The molecule has 0 radical (unpaired) electrons. The minimum atomic E-state index is -0.451. The number of nitrogens with zero attached hydrogens (tertiary/aromatic N) is 3. The number of halogens is 1. The number of carbonyl (C=O) groups is 1. The topological polar surface area (TPSA) is 56.6 Å². The zero-order chi connectivity index (χ0) is 16.3. The van der Waals surface area contributed by atoms with Crippen molar-refractivity contribution in [2.45, 2.75) is 52.2 Å². The Kier molecular flexibility index (Phi) is 5.36. The van der Waals surface area contributed by atoms with Crippen molar-refractivity contribution in [1.82, 2.24) is 14.7 Å². The fraction of sp³-hybridized carbons (Fsp3) is 0.733. The molecule has 1 aromatic heterocycles. The van der Waals surface area contributed by atoms with Crippen molar-refractivity contribution in [3.05, 3.63) is 10.7 Å². The molecule has 0 atom stereocenters. The lowest BCUT2D eigenvalue weighted by Gasteiger charge is -2.33. The van der Waals surface area contributed by atoms with Gasteiger partial charge in [-0.1, -0.05) is 0 Å². The summed E-state index contributed by atoms with van der Waals surface area (Å²) in [6.07, 6.45) is 3.43. The van der Waals surface area contributed by atoms with E-state index >= 15 is 0 Å². The maximum absolute atomic E-state index is 12.1. The van der Waals surface area contributed by atoms with Gasteiger partial charge in [0.1, 0.15) is 5.60 Å². The molecule has 7 heteroatoms. The Labute approximate surface area is 139 Å². The zero-order valence-corrected chi connectivity index (χ0v) is 15.2. The van der Waals surface area contributed by atoms with Crippen molar-refractivity contribution < 1.29 is 14.3 Å². The van der Waals surface area contributed by atoms with Crippen LogP contribution in [0.15, 0.2) is 10.7 Å². The van der Waals surface area contributed by atoms with Crippen LogP contribution in [0.3, 0.4) is 0 Å². The second-order valence-electron chi connectivity index (χ2n) is 6.39. The lowest BCUT2D eigenvalue weighted by Crippen LogP contribution is -2.42. The van der Waals surface area contributed by atoms with Crippen LogP contribution >= 0.6 is 15.9 Å². The van der Waals surface area contributed by atoms with Gasteiger partial charge in [0, 0.05) is 19.3 Å². The Hall–Kier alpha value is -1.24. The molecule has 0 aromatic carbocycles. The van der Waals surface area contributed by atoms with E-state index in [1.54, 1.807) is 4.90 Å². The Bertz CT molecular complexity index is 517. The molecule has 1 aliphatic heterocycles. The third-order valence-electron chi connectivity index (χ3n) is 3.43. The molecule has 0 N–H and O–H groups in total. The van der Waals surface area contributed by atoms with Gasteiger partial charge in [-0.15, -0.1) is 5.10 Å². The lowest BCUT2D eigenvalue weighted by atomic mass is 10.1. The van der Waals surface area contributed by atoms with E-state index in [-0.39, 0.29) is 12.1 Å². The number of rotatable bonds is 3. The van der Waals surface area contributed by atoms with Gasteiger partial charge in [0.15, 0.2) is 0 Å². The number of ether oxygens (including phenoxy) is 2. The monoisotopic (exact) mass is 373 g/mol. The van der Waals surface area contributed by atoms with Crippen molar-refractivity contribution in [3.63, 3.8) is 0 Å². The summed E-state index contributed by atoms with van der Waals surface area (Å²) < 4.78 is 13.7. The normalized spacial score (nSPS) is 16.7. The zero-order valence-electron chi connectivity index (χ0n) is 13.6. The summed E-state index contributed by atoms with van der Waals surface area (Å²) in [7, 11) is 0. The van der Waals surface area contributed by atoms with Gasteiger partial charge in [0.05, 0.1) is 17.1 Å². The van der Waals surface area contributed by atoms with E-state index < -0.39 is 5.60 Å². The Morgan fingerprint density at radius 1 is 1.41 bits per heavy atom. The van der Waals surface area contributed by atoms with Gasteiger partial charge in [-0.05, 0) is 56.5 Å². The van der Waals surface area contributed by atoms with E-state index in [1.807, 2.05) is 38.6 Å². The summed E-state index contributed by atoms with van der Waals surface area (Å²) in [4.78, 5) is 13.8. The molecule has 22 heavy (non-hydrogen) atoms. The summed E-state index contributed by atoms with van der Waals surface area (Å²) in [6, 6.07) is 0.282. The van der Waals surface area contributed by atoms with E-state index in [0.29, 0.717) is 25.6 Å². The first-order chi connectivity index (χ1) is 10.3. The molecule has 2 rings (SSSR count). The number of amides is 1. The van der Waals surface area contributed by atoms with Crippen LogP contribution in [0, 0.1) is 0 Å². The van der Waals surface area contributed by atoms with Crippen molar-refractivity contribution in [2.24, 2.45) is 0 Å². The first-order valence-electron chi connectivity index (χ1n) is 7.65. The molecule has 1 amide bonds. The van der Waals surface area contributed by atoms with E-state index in [1.165, 1.54) is 0 Å². The predicted octanol–water partition coefficient (Wildman–Crippen LogP) is 3.62. The summed E-state index contributed by atoms with van der Waals surface area (Å²) in [5.41, 5.74) is -0.451. The Morgan fingerprint density at radius 3 is 2.59 bits per heavy atom. The van der Waals surface area contributed by atoms with Crippen molar-refractivity contribution in [2.75, 3.05) is 19.7 Å². The van der Waals surface area contributed by atoms with E-state index in [4.69, 9.17) is 9.47 Å². The van der Waals surface area contributed by atoms with E-state index in [9.17, 15) is 4.79 Å². The number of aromatic nitrogens is 2. The fourth-order valence-corrected chi connectivity index (χ4v) is 2.82. The third-order valence-corrected chi connectivity index (χ3v) is 3.97. The summed E-state index contributed by atoms with van der Waals surface area (Å²) in [5.74, 6) is 0.622. The quantitative estimate of drug-likeness (QED) is 0.811. The maximum Gasteiger partial charge on any atom is 0.410 e. The van der Waals surface area contributed by atoms with Crippen LogP contribution in [-0.2, 0) is 4.74 Å². The number of carbonyl (C=O) groups excluding carboxylic acids is 1. The molecular formula is C15H24BrN3O3. The standard InChI is InChI=1S/C15H24BrN3O3/c1-5-21-13-12(16)10-19(17-13)11-6-8-18(9-7-11)14(20)22-15(2,3)4/h10-11H,5-9H2,1-4H3. The van der Waals surface area contributed by atoms with Gasteiger partial charge in [-0.3, -0.25) is 4.68 Å². The second kappa shape index (κ2) is 6.89. The molecular weight excluding hydrogens is 350 g/mol. The average molecular weight is 374 g/mol. The molecule has 0 saturated carbocycles. The molecule has 124 valence electrons. The molecule has 1 saturated heterocycles. The average Bonchev–Trinajstić information content (AvgIpc) is 2.79. The molecule has 2 heterocycles. The maximum atomic E-state index is 12.1. The molecule has 6 nitrogen and oxygen atoms in total. The summed E-state index contributed by atoms with van der Waals surface area (Å²) >= 11 is 3.46. The highest BCUT2D eigenvalue weighted by Crippen LogP contribution is 2.29. The van der Waals surface area contributed by atoms with Gasteiger partial charge in [-0.2, -0.15) is 0 Å². The van der Waals surface area contributed by atoms with Crippen LogP contribution in [0.5, 0.6) is 5.88 Å². The minimum absolute atomic E-state index is 0.234. The first-order valence-corrected chi connectivity index (χ1v) is 8.45. The number of hydrogen-bond acceptors (Lipinski definition) is 4. The van der Waals surface area contributed by atoms with Crippen LogP contribution in [0.1, 0.15) is 46.6 Å². The number of hydrogen-bond donors (Lipinski definition) is 0. The second-order valence-corrected chi connectivity index (χ2v) is 7.25. The van der Waals surface area contributed by atoms with E-state index in [0.717, 1.165) is 17.3 Å². The largest absolute Gasteiger partial charge is 0.476 e. The van der Waals surface area contributed by atoms with Crippen LogP contribution in [-0.4, -0.2) is 46.1 Å². The predicted molar refractivity (Wildman–Crippen MR) is 87.2 cm³/mol. The third kappa shape index (κ3) is 4.38. The van der Waals surface area contributed by atoms with Gasteiger partial charge < -0.3 is 14.4 Å². The van der Waals surface area contributed by atoms with E-state index in [2.05, 4.69) is 21.0 Å².